The highest BCUT2D eigenvalue weighted by atomic mass is 28.3. The van der Waals surface area contributed by atoms with Crippen molar-refractivity contribution >= 4 is 72.1 Å². The van der Waals surface area contributed by atoms with Crippen molar-refractivity contribution in [1.82, 2.24) is 0 Å². The molecule has 0 amide bonds. The largest absolute Gasteiger partial charge is 0.207 e. The van der Waals surface area contributed by atoms with Gasteiger partial charge in [-0.3, -0.25) is 0 Å². The molecule has 0 nitrogen and oxygen atoms in total. The van der Waals surface area contributed by atoms with Gasteiger partial charge in [-0.1, -0.05) is 184 Å². The molecule has 0 fully saturated rings. The summed E-state index contributed by atoms with van der Waals surface area (Å²) in [6.07, 6.45) is 0. The molecule has 0 aliphatic rings. The Balaban J connectivity index is 1.49. The molecule has 0 saturated carbocycles. The molecule has 0 aromatic heterocycles. The third kappa shape index (κ3) is 6.41. The van der Waals surface area contributed by atoms with Crippen LogP contribution in [0.25, 0.3) is 76.8 Å². The average Bonchev–Trinajstić information content (AvgIpc) is 3.13. The van der Waals surface area contributed by atoms with E-state index >= 15 is 0 Å². The third-order valence-corrected chi connectivity index (χ3v) is 17.4. The van der Waals surface area contributed by atoms with Crippen molar-refractivity contribution < 1.29 is 4.39 Å². The Labute approximate surface area is 317 Å². The smallest absolute Gasteiger partial charge is 0.123 e. The van der Waals surface area contributed by atoms with E-state index in [1.54, 1.807) is 12.1 Å². The van der Waals surface area contributed by atoms with E-state index in [0.717, 1.165) is 11.1 Å². The Morgan fingerprint density at radius 2 is 0.528 bits per heavy atom. The number of hydrogen-bond acceptors (Lipinski definition) is 0. The van der Waals surface area contributed by atoms with Crippen LogP contribution in [0.4, 0.5) is 4.39 Å². The fourth-order valence-electron chi connectivity index (χ4n) is 8.03. The van der Waals surface area contributed by atoms with E-state index in [1.165, 1.54) is 81.3 Å². The summed E-state index contributed by atoms with van der Waals surface area (Å²) >= 11 is 0. The van der Waals surface area contributed by atoms with E-state index in [-0.39, 0.29) is 5.82 Å². The molecule has 0 unspecified atom stereocenters. The first-order valence-electron chi connectivity index (χ1n) is 19.0. The van der Waals surface area contributed by atoms with E-state index in [4.69, 9.17) is 0 Å². The lowest BCUT2D eigenvalue weighted by Gasteiger charge is -2.23. The second kappa shape index (κ2) is 12.8. The molecule has 0 spiro atoms. The lowest BCUT2D eigenvalue weighted by molar-refractivity contribution is 0.628. The minimum Gasteiger partial charge on any atom is -0.207 e. The first kappa shape index (κ1) is 35.4. The SMILES string of the molecule is C[Si](C)(C)c1ccc(-c2cc(-c3ccc(F)cc3)c3ccc4c(-c5ccc([Si](C)(C)C)cc5)cc(-c5ccc([Si](C)(C)C)cc5)c5ccc2c3c45)cc1. The van der Waals surface area contributed by atoms with Crippen LogP contribution in [0.3, 0.4) is 0 Å². The fraction of sp³-hybridized carbons (Fsp3) is 0.184. The van der Waals surface area contributed by atoms with Crippen LogP contribution in [0.15, 0.2) is 133 Å². The minimum absolute atomic E-state index is 0.219. The van der Waals surface area contributed by atoms with Gasteiger partial charge in [-0.15, -0.1) is 0 Å². The third-order valence-electron chi connectivity index (χ3n) is 11.2. The lowest BCUT2D eigenvalue weighted by atomic mass is 9.82. The van der Waals surface area contributed by atoms with Gasteiger partial charge in [0.25, 0.3) is 0 Å². The van der Waals surface area contributed by atoms with Crippen molar-refractivity contribution in [2.24, 2.45) is 0 Å². The number of rotatable bonds is 7. The summed E-state index contributed by atoms with van der Waals surface area (Å²) in [5, 5.41) is 11.9. The summed E-state index contributed by atoms with van der Waals surface area (Å²) in [5.41, 5.74) is 9.56. The predicted molar refractivity (Wildman–Crippen MR) is 241 cm³/mol. The zero-order chi connectivity index (χ0) is 37.4. The van der Waals surface area contributed by atoms with Crippen molar-refractivity contribution in [3.05, 3.63) is 139 Å². The Morgan fingerprint density at radius 3 is 0.755 bits per heavy atom. The highest BCUT2D eigenvalue weighted by Crippen LogP contribution is 2.48. The fourth-order valence-corrected chi connectivity index (χ4v) is 11.5. The van der Waals surface area contributed by atoms with Crippen LogP contribution in [0.2, 0.25) is 58.9 Å². The van der Waals surface area contributed by atoms with Crippen molar-refractivity contribution in [2.45, 2.75) is 58.9 Å². The van der Waals surface area contributed by atoms with Crippen LogP contribution in [-0.2, 0) is 0 Å². The minimum atomic E-state index is -1.47. The Morgan fingerprint density at radius 1 is 0.302 bits per heavy atom. The van der Waals surface area contributed by atoms with Gasteiger partial charge in [0.2, 0.25) is 0 Å². The van der Waals surface area contributed by atoms with Crippen LogP contribution in [0.5, 0.6) is 0 Å². The normalized spacial score (nSPS) is 12.7. The molecule has 0 aliphatic heterocycles. The zero-order valence-electron chi connectivity index (χ0n) is 32.6. The molecule has 0 bridgehead atoms. The molecule has 0 N–H and O–H groups in total. The van der Waals surface area contributed by atoms with E-state index < -0.39 is 24.2 Å². The van der Waals surface area contributed by atoms with Gasteiger partial charge < -0.3 is 0 Å². The molecule has 8 aromatic rings. The van der Waals surface area contributed by atoms with E-state index in [9.17, 15) is 4.39 Å². The zero-order valence-corrected chi connectivity index (χ0v) is 35.6. The van der Waals surface area contributed by atoms with E-state index in [0.29, 0.717) is 0 Å². The molecular formula is C49H49FSi3. The van der Waals surface area contributed by atoms with Crippen LogP contribution in [-0.4, -0.2) is 24.2 Å². The summed E-state index contributed by atoms with van der Waals surface area (Å²) in [7, 11) is -4.39. The number of halogens is 1. The molecule has 0 heterocycles. The standard InChI is InChI=1S/C49H49FSi3/c1-51(2,3)37-20-12-33(13-21-37)45-30-44(32-10-18-36(50)19-11-32)40-26-27-42-46(34-14-22-38(23-15-34)52(4,5)6)31-47(43-29-28-41(45)48(40)49(42)43)35-16-24-39(25-17-35)53(7,8)9/h10-31H,1-9H3. The highest BCUT2D eigenvalue weighted by molar-refractivity contribution is 6.89. The summed E-state index contributed by atoms with van der Waals surface area (Å²) in [6, 6.07) is 49.2. The van der Waals surface area contributed by atoms with Crippen LogP contribution in [0, 0.1) is 5.82 Å². The maximum absolute atomic E-state index is 14.3. The quantitative estimate of drug-likeness (QED) is 0.113. The Hall–Kier alpha value is -4.62. The predicted octanol–water partition coefficient (Wildman–Crippen LogP) is 13.0. The lowest BCUT2D eigenvalue weighted by Crippen LogP contribution is -2.37. The summed E-state index contributed by atoms with van der Waals surface area (Å²) in [6.45, 7) is 21.7. The van der Waals surface area contributed by atoms with Gasteiger partial charge in [-0.25, -0.2) is 4.39 Å². The first-order valence-corrected chi connectivity index (χ1v) is 29.5. The Kier molecular flexibility index (Phi) is 8.52. The average molecular weight is 741 g/mol. The molecule has 0 aliphatic carbocycles. The Bertz CT molecular complexity index is 2540. The molecule has 8 aromatic carbocycles. The van der Waals surface area contributed by atoms with Gasteiger partial charge in [-0.05, 0) is 101 Å². The molecule has 0 radical (unpaired) electrons. The summed E-state index contributed by atoms with van der Waals surface area (Å²) in [4.78, 5) is 0. The van der Waals surface area contributed by atoms with E-state index in [1.807, 2.05) is 12.1 Å². The second-order valence-corrected chi connectivity index (χ2v) is 33.2. The monoisotopic (exact) mass is 740 g/mol. The van der Waals surface area contributed by atoms with Gasteiger partial charge in [0.15, 0.2) is 0 Å². The van der Waals surface area contributed by atoms with Crippen LogP contribution in [0.1, 0.15) is 0 Å². The molecule has 264 valence electrons. The molecule has 8 rings (SSSR count). The maximum Gasteiger partial charge on any atom is 0.123 e. The topological polar surface area (TPSA) is 0 Å². The molecule has 0 atom stereocenters. The maximum atomic E-state index is 14.3. The van der Waals surface area contributed by atoms with Gasteiger partial charge >= 0.3 is 0 Å². The molecular weight excluding hydrogens is 692 g/mol. The van der Waals surface area contributed by atoms with Crippen LogP contribution < -0.4 is 15.6 Å². The van der Waals surface area contributed by atoms with Crippen molar-refractivity contribution in [2.75, 3.05) is 0 Å². The number of hydrogen-bond donors (Lipinski definition) is 0. The van der Waals surface area contributed by atoms with Crippen molar-refractivity contribution in [3.63, 3.8) is 0 Å². The van der Waals surface area contributed by atoms with E-state index in [2.05, 4.69) is 168 Å². The second-order valence-electron chi connectivity index (χ2n) is 18.0. The van der Waals surface area contributed by atoms with Gasteiger partial charge in [0.05, 0.1) is 24.2 Å². The van der Waals surface area contributed by atoms with Crippen LogP contribution >= 0.6 is 0 Å². The van der Waals surface area contributed by atoms with Gasteiger partial charge in [-0.2, -0.15) is 0 Å². The molecule has 53 heavy (non-hydrogen) atoms. The first-order chi connectivity index (χ1) is 25.1. The summed E-state index contributed by atoms with van der Waals surface area (Å²) in [5.74, 6) is -0.219. The van der Waals surface area contributed by atoms with Gasteiger partial charge in [0.1, 0.15) is 5.82 Å². The molecule has 4 heteroatoms. The molecule has 0 saturated heterocycles. The van der Waals surface area contributed by atoms with Crippen molar-refractivity contribution in [3.8, 4) is 44.5 Å². The van der Waals surface area contributed by atoms with Crippen molar-refractivity contribution in [1.29, 1.82) is 0 Å². The summed E-state index contributed by atoms with van der Waals surface area (Å²) < 4.78 is 14.3. The highest BCUT2D eigenvalue weighted by Gasteiger charge is 2.23. The van der Waals surface area contributed by atoms with Gasteiger partial charge in [0, 0.05) is 0 Å². The number of benzene rings is 8.